The lowest BCUT2D eigenvalue weighted by molar-refractivity contribution is -0.117. The first-order valence-electron chi connectivity index (χ1n) is 7.39. The molecule has 0 radical (unpaired) electrons. The Morgan fingerprint density at radius 1 is 1.48 bits per heavy atom. The van der Waals surface area contributed by atoms with Gasteiger partial charge in [-0.2, -0.15) is 4.98 Å². The van der Waals surface area contributed by atoms with Gasteiger partial charge in [0.1, 0.15) is 0 Å². The van der Waals surface area contributed by atoms with Crippen LogP contribution in [-0.2, 0) is 17.6 Å². The molecule has 1 amide bonds. The van der Waals surface area contributed by atoms with Crippen molar-refractivity contribution in [3.8, 4) is 0 Å². The quantitative estimate of drug-likeness (QED) is 0.848. The molecular weight excluding hydrogens is 338 g/mol. The minimum absolute atomic E-state index is 0. The molecule has 7 nitrogen and oxygen atoms in total. The molecule has 1 fully saturated rings. The SMILES string of the molecule is CNC(C)Cc1noc(Cc2csc(N3CCCC3=O)n2)n1.Cl. The minimum Gasteiger partial charge on any atom is -0.339 e. The van der Waals surface area contributed by atoms with Crippen LogP contribution >= 0.6 is 23.7 Å². The fourth-order valence-corrected chi connectivity index (χ4v) is 3.20. The highest BCUT2D eigenvalue weighted by atomic mass is 35.5. The molecule has 0 saturated carbocycles. The number of likely N-dealkylation sites (N-methyl/N-ethyl adjacent to an activating group) is 1. The highest BCUT2D eigenvalue weighted by Crippen LogP contribution is 2.26. The average molecular weight is 358 g/mol. The van der Waals surface area contributed by atoms with Crippen LogP contribution in [0.25, 0.3) is 0 Å². The maximum absolute atomic E-state index is 11.7. The van der Waals surface area contributed by atoms with Crippen LogP contribution in [-0.4, -0.2) is 40.7 Å². The summed E-state index contributed by atoms with van der Waals surface area (Å²) in [6.45, 7) is 2.83. The van der Waals surface area contributed by atoms with Gasteiger partial charge >= 0.3 is 0 Å². The van der Waals surface area contributed by atoms with Crippen LogP contribution in [0, 0.1) is 0 Å². The molecule has 0 spiro atoms. The minimum atomic E-state index is 0. The molecule has 23 heavy (non-hydrogen) atoms. The van der Waals surface area contributed by atoms with Gasteiger partial charge < -0.3 is 9.84 Å². The molecule has 0 aliphatic carbocycles. The molecule has 1 N–H and O–H groups in total. The molecule has 1 saturated heterocycles. The van der Waals surface area contributed by atoms with Crippen LogP contribution in [0.4, 0.5) is 5.13 Å². The largest absolute Gasteiger partial charge is 0.339 e. The Hall–Kier alpha value is -1.51. The maximum atomic E-state index is 11.7. The highest BCUT2D eigenvalue weighted by molar-refractivity contribution is 7.14. The van der Waals surface area contributed by atoms with Gasteiger partial charge in [-0.15, -0.1) is 23.7 Å². The van der Waals surface area contributed by atoms with Crippen LogP contribution in [0.5, 0.6) is 0 Å². The first-order chi connectivity index (χ1) is 10.7. The Morgan fingerprint density at radius 2 is 2.30 bits per heavy atom. The van der Waals surface area contributed by atoms with Crippen molar-refractivity contribution in [1.82, 2.24) is 20.4 Å². The monoisotopic (exact) mass is 357 g/mol. The third-order valence-electron chi connectivity index (χ3n) is 3.67. The third-order valence-corrected chi connectivity index (χ3v) is 4.58. The van der Waals surface area contributed by atoms with Crippen LogP contribution in [0.3, 0.4) is 0 Å². The van der Waals surface area contributed by atoms with E-state index in [1.165, 1.54) is 11.3 Å². The smallest absolute Gasteiger partial charge is 0.232 e. The van der Waals surface area contributed by atoms with Gasteiger partial charge in [0, 0.05) is 30.8 Å². The van der Waals surface area contributed by atoms with Gasteiger partial charge in [-0.05, 0) is 20.4 Å². The molecule has 1 aliphatic rings. The Balaban J connectivity index is 0.00000192. The van der Waals surface area contributed by atoms with E-state index in [0.717, 1.165) is 30.2 Å². The number of halogens is 1. The number of hydrogen-bond acceptors (Lipinski definition) is 7. The summed E-state index contributed by atoms with van der Waals surface area (Å²) in [7, 11) is 1.90. The van der Waals surface area contributed by atoms with Gasteiger partial charge in [-0.3, -0.25) is 9.69 Å². The van der Waals surface area contributed by atoms with E-state index in [2.05, 4.69) is 27.4 Å². The number of thiazole rings is 1. The topological polar surface area (TPSA) is 84.2 Å². The number of anilines is 1. The first kappa shape index (κ1) is 17.8. The molecule has 1 unspecified atom stereocenters. The zero-order chi connectivity index (χ0) is 15.5. The number of rotatable bonds is 6. The van der Waals surface area contributed by atoms with Gasteiger partial charge in [0.15, 0.2) is 11.0 Å². The summed E-state index contributed by atoms with van der Waals surface area (Å²) in [5.74, 6) is 1.41. The summed E-state index contributed by atoms with van der Waals surface area (Å²) in [6.07, 6.45) is 2.75. The van der Waals surface area contributed by atoms with Gasteiger partial charge in [-0.25, -0.2) is 4.98 Å². The van der Waals surface area contributed by atoms with E-state index in [9.17, 15) is 4.79 Å². The van der Waals surface area contributed by atoms with Crippen molar-refractivity contribution in [2.24, 2.45) is 0 Å². The molecular formula is C14H20ClN5O2S. The lowest BCUT2D eigenvalue weighted by Crippen LogP contribution is -2.24. The molecule has 3 rings (SSSR count). The predicted molar refractivity (Wildman–Crippen MR) is 90.3 cm³/mol. The van der Waals surface area contributed by atoms with Crippen LogP contribution < -0.4 is 10.2 Å². The van der Waals surface area contributed by atoms with Crippen LogP contribution in [0.15, 0.2) is 9.90 Å². The first-order valence-corrected chi connectivity index (χ1v) is 8.27. The molecule has 2 aromatic heterocycles. The normalized spacial score (nSPS) is 15.7. The van der Waals surface area contributed by atoms with Crippen molar-refractivity contribution >= 4 is 34.8 Å². The van der Waals surface area contributed by atoms with E-state index in [1.54, 1.807) is 4.90 Å². The molecule has 2 aromatic rings. The number of carbonyl (C=O) groups excluding carboxylic acids is 1. The summed E-state index contributed by atoms with van der Waals surface area (Å²) >= 11 is 1.49. The third kappa shape index (κ3) is 4.27. The number of carbonyl (C=O) groups is 1. The Bertz CT molecular complexity index is 659. The maximum Gasteiger partial charge on any atom is 0.232 e. The number of amides is 1. The predicted octanol–water partition coefficient (Wildman–Crippen LogP) is 1.82. The summed E-state index contributed by atoms with van der Waals surface area (Å²) in [5.41, 5.74) is 0.858. The molecule has 0 bridgehead atoms. The van der Waals surface area contributed by atoms with E-state index in [-0.39, 0.29) is 18.3 Å². The number of hydrogen-bond donors (Lipinski definition) is 1. The van der Waals surface area contributed by atoms with Crippen LogP contribution in [0.1, 0.15) is 37.2 Å². The second kappa shape index (κ2) is 7.85. The summed E-state index contributed by atoms with van der Waals surface area (Å²) in [4.78, 5) is 22.4. The van der Waals surface area contributed by atoms with Gasteiger partial charge in [0.25, 0.3) is 0 Å². The van der Waals surface area contributed by atoms with Gasteiger partial charge in [0.2, 0.25) is 11.8 Å². The number of nitrogens with zero attached hydrogens (tertiary/aromatic N) is 4. The van der Waals surface area contributed by atoms with Crippen molar-refractivity contribution in [3.63, 3.8) is 0 Å². The zero-order valence-electron chi connectivity index (χ0n) is 13.1. The fourth-order valence-electron chi connectivity index (χ4n) is 2.33. The molecule has 0 aromatic carbocycles. The summed E-state index contributed by atoms with van der Waals surface area (Å²) in [6, 6.07) is 0.303. The molecule has 1 aliphatic heterocycles. The Morgan fingerprint density at radius 3 is 3.00 bits per heavy atom. The lowest BCUT2D eigenvalue weighted by Gasteiger charge is -2.10. The van der Waals surface area contributed by atoms with E-state index < -0.39 is 0 Å². The van der Waals surface area contributed by atoms with Crippen LogP contribution in [0.2, 0.25) is 0 Å². The van der Waals surface area contributed by atoms with Gasteiger partial charge in [0.05, 0.1) is 12.1 Å². The van der Waals surface area contributed by atoms with Crippen molar-refractivity contribution in [2.75, 3.05) is 18.5 Å². The Kier molecular flexibility index (Phi) is 6.09. The van der Waals surface area contributed by atoms with Crippen molar-refractivity contribution in [1.29, 1.82) is 0 Å². The van der Waals surface area contributed by atoms with Crippen molar-refractivity contribution in [3.05, 3.63) is 22.8 Å². The summed E-state index contributed by atoms with van der Waals surface area (Å²) < 4.78 is 5.27. The second-order valence-corrected chi connectivity index (χ2v) is 6.28. The highest BCUT2D eigenvalue weighted by Gasteiger charge is 2.24. The average Bonchev–Trinajstić information content (AvgIpc) is 3.21. The molecule has 1 atom stereocenters. The van der Waals surface area contributed by atoms with Crippen molar-refractivity contribution in [2.45, 2.75) is 38.6 Å². The van der Waals surface area contributed by atoms with Gasteiger partial charge in [-0.1, -0.05) is 5.16 Å². The Labute approximate surface area is 144 Å². The standard InChI is InChI=1S/C14H19N5O2S.ClH/c1-9(15-2)6-11-17-12(21-18-11)7-10-8-22-14(16-10)19-5-3-4-13(19)20;/h8-9,15H,3-7H2,1-2H3;1H. The molecule has 126 valence electrons. The second-order valence-electron chi connectivity index (χ2n) is 5.45. The number of nitrogens with one attached hydrogen (secondary N) is 1. The lowest BCUT2D eigenvalue weighted by atomic mass is 10.2. The van der Waals surface area contributed by atoms with E-state index >= 15 is 0 Å². The molecule has 3 heterocycles. The van der Waals surface area contributed by atoms with Crippen molar-refractivity contribution < 1.29 is 9.32 Å². The fraction of sp³-hybridized carbons (Fsp3) is 0.571. The number of aromatic nitrogens is 3. The van der Waals surface area contributed by atoms with E-state index in [1.807, 2.05) is 12.4 Å². The van der Waals surface area contributed by atoms with E-state index in [4.69, 9.17) is 4.52 Å². The van der Waals surface area contributed by atoms with E-state index in [0.29, 0.717) is 30.6 Å². The summed E-state index contributed by atoms with van der Waals surface area (Å²) in [5, 5.41) is 9.83. The molecule has 9 heteroatoms. The zero-order valence-corrected chi connectivity index (χ0v) is 14.7.